The Morgan fingerprint density at radius 2 is 1.67 bits per heavy atom. The van der Waals surface area contributed by atoms with Gasteiger partial charge in [0.15, 0.2) is 0 Å². The Morgan fingerprint density at radius 1 is 0.933 bits per heavy atom. The number of carboxylic acid groups (broad SMARTS) is 1. The fraction of sp³-hybridized carbons (Fsp3) is 0.0909. The maximum absolute atomic E-state index is 12.4. The van der Waals surface area contributed by atoms with Crippen LogP contribution >= 0.6 is 23.2 Å². The van der Waals surface area contributed by atoms with Gasteiger partial charge in [-0.15, -0.1) is 0 Å². The lowest BCUT2D eigenvalue weighted by Gasteiger charge is -2.11. The summed E-state index contributed by atoms with van der Waals surface area (Å²) < 4.78 is 10.9. The van der Waals surface area contributed by atoms with Crippen LogP contribution in [-0.4, -0.2) is 24.1 Å². The van der Waals surface area contributed by atoms with Crippen LogP contribution in [0.2, 0.25) is 10.0 Å². The first kappa shape index (κ1) is 21.5. The van der Waals surface area contributed by atoms with Gasteiger partial charge in [-0.1, -0.05) is 29.3 Å². The number of nitrogens with one attached hydrogen (secondary N) is 1. The lowest BCUT2D eigenvalue weighted by molar-refractivity contribution is -0.136. The van der Waals surface area contributed by atoms with E-state index < -0.39 is 5.97 Å². The smallest absolute Gasteiger partial charge is 0.307 e. The highest BCUT2D eigenvalue weighted by molar-refractivity contribution is 6.32. The number of carbonyl (C=O) groups is 2. The van der Waals surface area contributed by atoms with Crippen LogP contribution in [0.5, 0.6) is 17.2 Å². The molecule has 8 heteroatoms. The van der Waals surface area contributed by atoms with Gasteiger partial charge in [0.25, 0.3) is 5.91 Å². The van der Waals surface area contributed by atoms with E-state index in [-0.39, 0.29) is 12.3 Å². The average Bonchev–Trinajstić information content (AvgIpc) is 2.71. The number of halogens is 2. The van der Waals surface area contributed by atoms with E-state index in [0.29, 0.717) is 44.1 Å². The Balaban J connectivity index is 1.66. The molecule has 0 aliphatic rings. The number of anilines is 1. The zero-order valence-electron chi connectivity index (χ0n) is 15.8. The first-order valence-electron chi connectivity index (χ1n) is 8.78. The zero-order chi connectivity index (χ0) is 21.7. The molecule has 6 nitrogen and oxygen atoms in total. The predicted octanol–water partition coefficient (Wildman–Crippen LogP) is 5.67. The van der Waals surface area contributed by atoms with Crippen LogP contribution in [0.15, 0.2) is 60.7 Å². The van der Waals surface area contributed by atoms with Crippen LogP contribution in [0.4, 0.5) is 5.69 Å². The van der Waals surface area contributed by atoms with Crippen molar-refractivity contribution in [3.63, 3.8) is 0 Å². The third-order valence-corrected chi connectivity index (χ3v) is 4.71. The molecule has 0 radical (unpaired) electrons. The molecule has 0 heterocycles. The number of benzene rings is 3. The molecule has 0 bridgehead atoms. The molecule has 0 saturated heterocycles. The summed E-state index contributed by atoms with van der Waals surface area (Å²) in [5.74, 6) is 0.0781. The van der Waals surface area contributed by atoms with Crippen molar-refractivity contribution in [3.05, 3.63) is 81.8 Å². The van der Waals surface area contributed by atoms with E-state index in [1.165, 1.54) is 7.11 Å². The Hall–Kier alpha value is -3.22. The summed E-state index contributed by atoms with van der Waals surface area (Å²) in [4.78, 5) is 23.2. The molecular formula is C22H17Cl2NO5. The summed E-state index contributed by atoms with van der Waals surface area (Å²) in [6, 6.07) is 16.3. The van der Waals surface area contributed by atoms with Gasteiger partial charge >= 0.3 is 5.97 Å². The number of hydrogen-bond donors (Lipinski definition) is 2. The van der Waals surface area contributed by atoms with Gasteiger partial charge in [-0.3, -0.25) is 9.59 Å². The molecule has 0 aliphatic heterocycles. The molecule has 0 unspecified atom stereocenters. The third kappa shape index (κ3) is 5.43. The highest BCUT2D eigenvalue weighted by Crippen LogP contribution is 2.31. The lowest BCUT2D eigenvalue weighted by atomic mass is 10.1. The average molecular weight is 446 g/mol. The summed E-state index contributed by atoms with van der Waals surface area (Å²) in [5, 5.41) is 12.4. The predicted molar refractivity (Wildman–Crippen MR) is 115 cm³/mol. The Bertz CT molecular complexity index is 1080. The van der Waals surface area contributed by atoms with Gasteiger partial charge in [-0.2, -0.15) is 0 Å². The standard InChI is InChI=1S/C22H17Cl2NO5/c1-29-20-12-14(3-8-17(20)23)22(28)25-15-4-6-16(7-5-15)30-19-9-2-13(10-18(19)24)11-21(26)27/h2-10,12H,11H2,1H3,(H,25,28)(H,26,27). The summed E-state index contributed by atoms with van der Waals surface area (Å²) in [6.45, 7) is 0. The quantitative estimate of drug-likeness (QED) is 0.488. The molecule has 0 spiro atoms. The van der Waals surface area contributed by atoms with E-state index >= 15 is 0 Å². The molecule has 30 heavy (non-hydrogen) atoms. The van der Waals surface area contributed by atoms with E-state index in [1.54, 1.807) is 60.7 Å². The molecule has 2 N–H and O–H groups in total. The van der Waals surface area contributed by atoms with E-state index in [0.717, 1.165) is 0 Å². The van der Waals surface area contributed by atoms with Gasteiger partial charge in [0.2, 0.25) is 0 Å². The molecule has 0 fully saturated rings. The molecule has 0 atom stereocenters. The van der Waals surface area contributed by atoms with Crippen molar-refractivity contribution in [3.8, 4) is 17.2 Å². The molecule has 154 valence electrons. The molecule has 3 aromatic rings. The highest BCUT2D eigenvalue weighted by atomic mass is 35.5. The van der Waals surface area contributed by atoms with Crippen molar-refractivity contribution in [1.29, 1.82) is 0 Å². The molecule has 1 amide bonds. The summed E-state index contributed by atoms with van der Waals surface area (Å²) in [7, 11) is 1.48. The minimum atomic E-state index is -0.936. The van der Waals surface area contributed by atoms with E-state index in [4.69, 9.17) is 37.8 Å². The summed E-state index contributed by atoms with van der Waals surface area (Å²) >= 11 is 12.2. The number of rotatable bonds is 7. The maximum atomic E-state index is 12.4. The number of amides is 1. The van der Waals surface area contributed by atoms with Crippen LogP contribution in [0.25, 0.3) is 0 Å². The largest absolute Gasteiger partial charge is 0.495 e. The van der Waals surface area contributed by atoms with E-state index in [1.807, 2.05) is 0 Å². The van der Waals surface area contributed by atoms with Crippen LogP contribution in [0.3, 0.4) is 0 Å². The number of ether oxygens (including phenoxy) is 2. The monoisotopic (exact) mass is 445 g/mol. The molecule has 3 aromatic carbocycles. The number of aliphatic carboxylic acids is 1. The zero-order valence-corrected chi connectivity index (χ0v) is 17.3. The van der Waals surface area contributed by atoms with Crippen molar-refractivity contribution in [2.24, 2.45) is 0 Å². The van der Waals surface area contributed by atoms with Gasteiger partial charge in [0.1, 0.15) is 17.2 Å². The number of methoxy groups -OCH3 is 1. The summed E-state index contributed by atoms with van der Waals surface area (Å²) in [6.07, 6.45) is -0.117. The maximum Gasteiger partial charge on any atom is 0.307 e. The first-order valence-corrected chi connectivity index (χ1v) is 9.54. The molecule has 0 saturated carbocycles. The Labute approximate surface area is 183 Å². The topological polar surface area (TPSA) is 84.9 Å². The molecular weight excluding hydrogens is 429 g/mol. The fourth-order valence-corrected chi connectivity index (χ4v) is 3.09. The minimum absolute atomic E-state index is 0.117. The normalized spacial score (nSPS) is 10.4. The molecule has 0 aliphatic carbocycles. The summed E-state index contributed by atoms with van der Waals surface area (Å²) in [5.41, 5.74) is 1.56. The van der Waals surface area contributed by atoms with Gasteiger partial charge in [-0.05, 0) is 60.2 Å². The van der Waals surface area contributed by atoms with Crippen molar-refractivity contribution in [2.45, 2.75) is 6.42 Å². The fourth-order valence-electron chi connectivity index (χ4n) is 2.65. The van der Waals surface area contributed by atoms with Gasteiger partial charge in [0, 0.05) is 11.3 Å². The second-order valence-corrected chi connectivity index (χ2v) is 7.08. The first-order chi connectivity index (χ1) is 14.4. The minimum Gasteiger partial charge on any atom is -0.495 e. The van der Waals surface area contributed by atoms with Gasteiger partial charge < -0.3 is 19.9 Å². The van der Waals surface area contributed by atoms with E-state index in [9.17, 15) is 9.59 Å². The van der Waals surface area contributed by atoms with Gasteiger partial charge in [-0.25, -0.2) is 0 Å². The number of carbonyl (C=O) groups excluding carboxylic acids is 1. The highest BCUT2D eigenvalue weighted by Gasteiger charge is 2.11. The second kappa shape index (κ2) is 9.52. The van der Waals surface area contributed by atoms with Crippen molar-refractivity contribution in [1.82, 2.24) is 0 Å². The lowest BCUT2D eigenvalue weighted by Crippen LogP contribution is -2.11. The van der Waals surface area contributed by atoms with Crippen LogP contribution in [-0.2, 0) is 11.2 Å². The Kier molecular flexibility index (Phi) is 6.82. The molecule has 0 aromatic heterocycles. The molecule has 3 rings (SSSR count). The number of hydrogen-bond acceptors (Lipinski definition) is 4. The Morgan fingerprint density at radius 3 is 2.30 bits per heavy atom. The number of carboxylic acids is 1. The van der Waals surface area contributed by atoms with Crippen molar-refractivity contribution in [2.75, 3.05) is 12.4 Å². The van der Waals surface area contributed by atoms with E-state index in [2.05, 4.69) is 5.32 Å². The van der Waals surface area contributed by atoms with Crippen molar-refractivity contribution >= 4 is 40.8 Å². The van der Waals surface area contributed by atoms with Crippen LogP contribution < -0.4 is 14.8 Å². The van der Waals surface area contributed by atoms with Crippen molar-refractivity contribution < 1.29 is 24.2 Å². The SMILES string of the molecule is COc1cc(C(=O)Nc2ccc(Oc3ccc(CC(=O)O)cc3Cl)cc2)ccc1Cl. The van der Waals surface area contributed by atoms with Gasteiger partial charge in [0.05, 0.1) is 23.6 Å². The second-order valence-electron chi connectivity index (χ2n) is 6.27. The van der Waals surface area contributed by atoms with Crippen LogP contribution in [0.1, 0.15) is 15.9 Å². The third-order valence-electron chi connectivity index (χ3n) is 4.10. The van der Waals surface area contributed by atoms with Crippen LogP contribution in [0, 0.1) is 0 Å².